The van der Waals surface area contributed by atoms with Crippen LogP contribution in [0.4, 0.5) is 13.2 Å². The lowest BCUT2D eigenvalue weighted by Crippen LogP contribution is -2.48. The van der Waals surface area contributed by atoms with Gasteiger partial charge in [-0.1, -0.05) is 13.8 Å². The van der Waals surface area contributed by atoms with Crippen LogP contribution in [-0.2, 0) is 10.9 Å². The average Bonchev–Trinajstić information content (AvgIpc) is 3.57. The van der Waals surface area contributed by atoms with Crippen molar-refractivity contribution in [3.63, 3.8) is 0 Å². The van der Waals surface area contributed by atoms with Crippen molar-refractivity contribution in [3.05, 3.63) is 40.6 Å². The smallest absolute Gasteiger partial charge is 0.377 e. The molecule has 4 rings (SSSR count). The maximum Gasteiger partial charge on any atom is 0.418 e. The fourth-order valence-electron chi connectivity index (χ4n) is 3.82. The number of aromatic nitrogens is 1. The number of carbonyl (C=O) groups excluding carboxylic acids is 1. The lowest BCUT2D eigenvalue weighted by atomic mass is 9.98. The number of hydrogen-bond donors (Lipinski definition) is 2. The Balaban J connectivity index is 0.00000141. The molecular weight excluding hydrogens is 419 g/mol. The minimum Gasteiger partial charge on any atom is -0.377 e. The predicted molar refractivity (Wildman–Crippen MR) is 119 cm³/mol. The quantitative estimate of drug-likeness (QED) is 0.692. The Labute approximate surface area is 187 Å². The molecule has 1 unspecified atom stereocenters. The highest BCUT2D eigenvalue weighted by Gasteiger charge is 2.36. The van der Waals surface area contributed by atoms with Crippen LogP contribution in [-0.4, -0.2) is 42.2 Å². The minimum absolute atomic E-state index is 0.0202. The van der Waals surface area contributed by atoms with Gasteiger partial charge in [0.2, 0.25) is 0 Å². The van der Waals surface area contributed by atoms with Gasteiger partial charge in [0.05, 0.1) is 30.3 Å². The van der Waals surface area contributed by atoms with E-state index in [1.54, 1.807) is 19.1 Å². The Hall–Kier alpha value is -2.19. The van der Waals surface area contributed by atoms with E-state index in [4.69, 9.17) is 4.74 Å². The number of nitrogens with one attached hydrogen (secondary N) is 2. The van der Waals surface area contributed by atoms with Gasteiger partial charge in [0, 0.05) is 17.5 Å². The average molecular weight is 452 g/mol. The van der Waals surface area contributed by atoms with E-state index in [1.807, 2.05) is 27.7 Å². The molecule has 176 valence electrons. The molecule has 5 nitrogen and oxygen atoms in total. The van der Waals surface area contributed by atoms with Gasteiger partial charge in [-0.25, -0.2) is 4.98 Å². The molecule has 2 fully saturated rings. The molecule has 2 heterocycles. The van der Waals surface area contributed by atoms with Crippen molar-refractivity contribution in [3.8, 4) is 0 Å². The number of fused-ring (bicyclic) bond motifs is 1. The van der Waals surface area contributed by atoms with Crippen LogP contribution in [0.15, 0.2) is 18.2 Å². The van der Waals surface area contributed by atoms with Crippen LogP contribution in [0.5, 0.6) is 0 Å². The maximum atomic E-state index is 13.8. The zero-order chi connectivity index (χ0) is 23.7. The van der Waals surface area contributed by atoms with Crippen LogP contribution in [0.25, 0.3) is 10.9 Å². The van der Waals surface area contributed by atoms with Gasteiger partial charge in [0.15, 0.2) is 0 Å². The molecule has 1 aliphatic heterocycles. The number of nitrogens with zero attached hydrogens (tertiary/aromatic N) is 1. The van der Waals surface area contributed by atoms with Gasteiger partial charge >= 0.3 is 6.18 Å². The summed E-state index contributed by atoms with van der Waals surface area (Å²) in [4.78, 5) is 16.9. The molecule has 1 saturated heterocycles. The van der Waals surface area contributed by atoms with Gasteiger partial charge in [-0.2, -0.15) is 13.2 Å². The largest absolute Gasteiger partial charge is 0.418 e. The third-order valence-corrected chi connectivity index (χ3v) is 5.67. The van der Waals surface area contributed by atoms with Gasteiger partial charge in [-0.15, -0.1) is 0 Å². The normalized spacial score (nSPS) is 20.8. The number of alkyl halides is 3. The number of aryl methyl sites for hydroxylation is 1. The summed E-state index contributed by atoms with van der Waals surface area (Å²) in [6.07, 6.45) is -2.73. The molecule has 1 aromatic carbocycles. The molecule has 8 heteroatoms. The summed E-state index contributed by atoms with van der Waals surface area (Å²) in [5.41, 5.74) is 0.122. The molecule has 0 radical (unpaired) electrons. The Morgan fingerprint density at radius 3 is 2.53 bits per heavy atom. The molecule has 1 aromatic heterocycles. The molecule has 2 N–H and O–H groups in total. The van der Waals surface area contributed by atoms with Crippen LogP contribution in [0.3, 0.4) is 0 Å². The third kappa shape index (κ3) is 5.59. The SMILES string of the molecule is CC.Cc1cc(C(=O)NC2CNC(C)(C)COC2)nc2c(C(F)(F)F)cc(C3CC3)cc12. The van der Waals surface area contributed by atoms with Gasteiger partial charge in [0.25, 0.3) is 5.91 Å². The number of rotatable bonds is 3. The highest BCUT2D eigenvalue weighted by Crippen LogP contribution is 2.44. The summed E-state index contributed by atoms with van der Waals surface area (Å²) in [5, 5.41) is 6.59. The second-order valence-corrected chi connectivity index (χ2v) is 9.01. The molecular formula is C24H32F3N3O2. The molecule has 2 aromatic rings. The first-order chi connectivity index (χ1) is 15.0. The van der Waals surface area contributed by atoms with E-state index >= 15 is 0 Å². The third-order valence-electron chi connectivity index (χ3n) is 5.67. The molecule has 32 heavy (non-hydrogen) atoms. The first-order valence-corrected chi connectivity index (χ1v) is 11.2. The summed E-state index contributed by atoms with van der Waals surface area (Å²) < 4.78 is 46.9. The number of hydrogen-bond acceptors (Lipinski definition) is 4. The Bertz CT molecular complexity index is 985. The summed E-state index contributed by atoms with van der Waals surface area (Å²) >= 11 is 0. The van der Waals surface area contributed by atoms with Crippen LogP contribution in [0.2, 0.25) is 0 Å². The second-order valence-electron chi connectivity index (χ2n) is 9.01. The lowest BCUT2D eigenvalue weighted by molar-refractivity contribution is -0.136. The lowest BCUT2D eigenvalue weighted by Gasteiger charge is -2.23. The van der Waals surface area contributed by atoms with Crippen molar-refractivity contribution in [1.82, 2.24) is 15.6 Å². The Morgan fingerprint density at radius 2 is 1.91 bits per heavy atom. The number of amides is 1. The summed E-state index contributed by atoms with van der Waals surface area (Å²) in [6, 6.07) is 4.25. The standard InChI is InChI=1S/C22H26F3N3O2.C2H6/c1-12-6-18(20(29)27-15-9-26-21(2,3)11-30-10-15)28-19-16(12)7-14(13-4-5-13)8-17(19)22(23,24)25;1-2/h6-8,13,15,26H,4-5,9-11H2,1-3H3,(H,27,29);1-2H3. The van der Waals surface area contributed by atoms with E-state index in [2.05, 4.69) is 15.6 Å². The molecule has 0 bridgehead atoms. The fraction of sp³-hybridized carbons (Fsp3) is 0.583. The van der Waals surface area contributed by atoms with Crippen LogP contribution in [0.1, 0.15) is 73.6 Å². The van der Waals surface area contributed by atoms with Gasteiger partial charge in [-0.05, 0) is 68.9 Å². The highest BCUT2D eigenvalue weighted by molar-refractivity contribution is 5.97. The van der Waals surface area contributed by atoms with Crippen LogP contribution >= 0.6 is 0 Å². The van der Waals surface area contributed by atoms with Crippen molar-refractivity contribution >= 4 is 16.8 Å². The highest BCUT2D eigenvalue weighted by atomic mass is 19.4. The maximum absolute atomic E-state index is 13.8. The minimum atomic E-state index is -4.54. The molecule has 0 spiro atoms. The van der Waals surface area contributed by atoms with E-state index in [9.17, 15) is 18.0 Å². The van der Waals surface area contributed by atoms with Gasteiger partial charge in [-0.3, -0.25) is 4.79 Å². The molecule has 1 saturated carbocycles. The number of halogens is 3. The predicted octanol–water partition coefficient (Wildman–Crippen LogP) is 4.96. The summed E-state index contributed by atoms with van der Waals surface area (Å²) in [5.74, 6) is -0.320. The first kappa shape index (κ1) is 24.5. The number of benzene rings is 1. The summed E-state index contributed by atoms with van der Waals surface area (Å²) in [7, 11) is 0. The first-order valence-electron chi connectivity index (χ1n) is 11.2. The molecule has 1 aliphatic carbocycles. The van der Waals surface area contributed by atoms with Crippen molar-refractivity contribution < 1.29 is 22.7 Å². The van der Waals surface area contributed by atoms with Gasteiger partial charge in [0.1, 0.15) is 5.69 Å². The molecule has 1 atom stereocenters. The summed E-state index contributed by atoms with van der Waals surface area (Å²) in [6.45, 7) is 11.1. The number of pyridine rings is 1. The van der Waals surface area contributed by atoms with Crippen molar-refractivity contribution in [2.75, 3.05) is 19.8 Å². The Kier molecular flexibility index (Phi) is 7.15. The van der Waals surface area contributed by atoms with Gasteiger partial charge < -0.3 is 15.4 Å². The zero-order valence-electron chi connectivity index (χ0n) is 19.3. The van der Waals surface area contributed by atoms with E-state index in [0.717, 1.165) is 12.8 Å². The Morgan fingerprint density at radius 1 is 1.22 bits per heavy atom. The number of ether oxygens (including phenoxy) is 1. The number of carbonyl (C=O) groups is 1. The van der Waals surface area contributed by atoms with Crippen LogP contribution < -0.4 is 10.6 Å². The van der Waals surface area contributed by atoms with Crippen molar-refractivity contribution in [2.45, 2.75) is 71.1 Å². The van der Waals surface area contributed by atoms with E-state index < -0.39 is 17.6 Å². The van der Waals surface area contributed by atoms with E-state index in [1.165, 1.54) is 6.07 Å². The molecule has 1 amide bonds. The fourth-order valence-corrected chi connectivity index (χ4v) is 3.82. The monoisotopic (exact) mass is 451 g/mol. The topological polar surface area (TPSA) is 63.2 Å². The second kappa shape index (κ2) is 9.35. The van der Waals surface area contributed by atoms with E-state index in [-0.39, 0.29) is 28.7 Å². The van der Waals surface area contributed by atoms with Crippen molar-refractivity contribution in [1.29, 1.82) is 0 Å². The van der Waals surface area contributed by atoms with E-state index in [0.29, 0.717) is 36.3 Å². The van der Waals surface area contributed by atoms with Crippen LogP contribution in [0, 0.1) is 6.92 Å². The zero-order valence-corrected chi connectivity index (χ0v) is 19.3. The van der Waals surface area contributed by atoms with Crippen molar-refractivity contribution in [2.24, 2.45) is 0 Å². The molecule has 2 aliphatic rings.